The van der Waals surface area contributed by atoms with Gasteiger partial charge < -0.3 is 25.4 Å². The van der Waals surface area contributed by atoms with Gasteiger partial charge in [-0.25, -0.2) is 9.59 Å². The first-order valence-electron chi connectivity index (χ1n) is 11.5. The second kappa shape index (κ2) is 11.2. The zero-order valence-electron chi connectivity index (χ0n) is 20.1. The molecule has 182 valence electrons. The maximum Gasteiger partial charge on any atom is 0.407 e. The van der Waals surface area contributed by atoms with Crippen molar-refractivity contribution in [2.24, 2.45) is 5.92 Å². The molecule has 0 unspecified atom stereocenters. The number of rotatable bonds is 10. The third-order valence-electron chi connectivity index (χ3n) is 5.82. The van der Waals surface area contributed by atoms with Crippen LogP contribution in [0.2, 0.25) is 0 Å². The molecule has 2 amide bonds. The largest absolute Gasteiger partial charge is 0.480 e. The number of carbonyl (C=O) groups is 3. The Morgan fingerprint density at radius 1 is 0.941 bits per heavy atom. The molecule has 0 heterocycles. The van der Waals surface area contributed by atoms with Crippen LogP contribution in [0.15, 0.2) is 48.5 Å². The van der Waals surface area contributed by atoms with Gasteiger partial charge in [-0.2, -0.15) is 0 Å². The van der Waals surface area contributed by atoms with E-state index in [-0.39, 0.29) is 25.0 Å². The molecule has 2 aromatic carbocycles. The molecule has 34 heavy (non-hydrogen) atoms. The van der Waals surface area contributed by atoms with Gasteiger partial charge in [-0.05, 0) is 48.7 Å². The molecule has 3 rings (SSSR count). The summed E-state index contributed by atoms with van der Waals surface area (Å²) in [5.41, 5.74) is 4.46. The molecule has 0 bridgehead atoms. The normalized spacial score (nSPS) is 14.3. The number of likely N-dealkylation sites (N-methyl/N-ethyl adjacent to an activating group) is 1. The number of alkyl carbamates (subject to hydrolysis) is 1. The number of benzene rings is 2. The molecule has 0 fully saturated rings. The van der Waals surface area contributed by atoms with Crippen molar-refractivity contribution in [1.29, 1.82) is 0 Å². The second-order valence-electron chi connectivity index (χ2n) is 9.31. The third-order valence-corrected chi connectivity index (χ3v) is 5.82. The van der Waals surface area contributed by atoms with Gasteiger partial charge in [-0.3, -0.25) is 4.79 Å². The Kier molecular flexibility index (Phi) is 8.28. The molecule has 0 aliphatic heterocycles. The number of aliphatic carboxylic acids is 1. The van der Waals surface area contributed by atoms with Crippen LogP contribution in [0.25, 0.3) is 11.1 Å². The van der Waals surface area contributed by atoms with Gasteiger partial charge in [0.25, 0.3) is 0 Å². The summed E-state index contributed by atoms with van der Waals surface area (Å²) in [5, 5.41) is 14.6. The molecule has 0 aromatic heterocycles. The number of carboxylic acid groups (broad SMARTS) is 1. The topological polar surface area (TPSA) is 108 Å². The Morgan fingerprint density at radius 2 is 1.50 bits per heavy atom. The minimum absolute atomic E-state index is 0.0907. The summed E-state index contributed by atoms with van der Waals surface area (Å²) in [6, 6.07) is 14.1. The minimum Gasteiger partial charge on any atom is -0.480 e. The van der Waals surface area contributed by atoms with E-state index in [0.717, 1.165) is 22.3 Å². The maximum absolute atomic E-state index is 12.8. The second-order valence-corrected chi connectivity index (χ2v) is 9.31. The predicted molar refractivity (Wildman–Crippen MR) is 130 cm³/mol. The Morgan fingerprint density at radius 3 is 2.00 bits per heavy atom. The average Bonchev–Trinajstić information content (AvgIpc) is 3.10. The predicted octanol–water partition coefficient (Wildman–Crippen LogP) is 3.07. The number of fused-ring (bicyclic) bond motifs is 3. The van der Waals surface area contributed by atoms with Crippen LogP contribution >= 0.6 is 0 Å². The molecular weight excluding hydrogens is 434 g/mol. The number of hydrogen-bond donors (Lipinski definition) is 3. The lowest BCUT2D eigenvalue weighted by Crippen LogP contribution is -2.54. The number of amides is 2. The lowest BCUT2D eigenvalue weighted by atomic mass is 9.98. The minimum atomic E-state index is -1.13. The van der Waals surface area contributed by atoms with Gasteiger partial charge in [0, 0.05) is 12.5 Å². The van der Waals surface area contributed by atoms with Crippen molar-refractivity contribution in [3.8, 4) is 11.1 Å². The molecule has 2 atom stereocenters. The smallest absolute Gasteiger partial charge is 0.407 e. The summed E-state index contributed by atoms with van der Waals surface area (Å²) in [5.74, 6) is -1.67. The van der Waals surface area contributed by atoms with Crippen molar-refractivity contribution in [3.05, 3.63) is 59.7 Å². The highest BCUT2D eigenvalue weighted by Crippen LogP contribution is 2.44. The van der Waals surface area contributed by atoms with E-state index in [1.165, 1.54) is 0 Å². The number of ether oxygens (including phenoxy) is 1. The van der Waals surface area contributed by atoms with Gasteiger partial charge >= 0.3 is 12.1 Å². The summed E-state index contributed by atoms with van der Waals surface area (Å²) >= 11 is 0. The zero-order chi connectivity index (χ0) is 24.8. The van der Waals surface area contributed by atoms with Crippen LogP contribution in [-0.4, -0.2) is 67.3 Å². The van der Waals surface area contributed by atoms with Gasteiger partial charge in [-0.15, -0.1) is 0 Å². The third kappa shape index (κ3) is 6.14. The van der Waals surface area contributed by atoms with Gasteiger partial charge in [0.1, 0.15) is 18.7 Å². The highest BCUT2D eigenvalue weighted by molar-refractivity contribution is 5.89. The van der Waals surface area contributed by atoms with Crippen molar-refractivity contribution in [1.82, 2.24) is 15.5 Å². The highest BCUT2D eigenvalue weighted by atomic mass is 16.5. The highest BCUT2D eigenvalue weighted by Gasteiger charge is 2.31. The quantitative estimate of drug-likeness (QED) is 0.496. The van der Waals surface area contributed by atoms with E-state index in [0.29, 0.717) is 6.42 Å². The number of carboxylic acids is 1. The Hall–Kier alpha value is -3.39. The molecule has 0 saturated heterocycles. The van der Waals surface area contributed by atoms with Crippen LogP contribution in [0.1, 0.15) is 37.3 Å². The molecule has 0 spiro atoms. The number of hydrogen-bond acceptors (Lipinski definition) is 5. The SMILES string of the molecule is CC(C)C[C@@H](NC(=O)OCC1c2ccccc2-c2ccccc21)C(=O)N[C@@H](CN(C)C)C(=O)O. The molecule has 0 radical (unpaired) electrons. The van der Waals surface area contributed by atoms with E-state index in [1.54, 1.807) is 19.0 Å². The summed E-state index contributed by atoms with van der Waals surface area (Å²) in [6.45, 7) is 4.12. The summed E-state index contributed by atoms with van der Waals surface area (Å²) in [6.07, 6.45) is -0.355. The molecule has 3 N–H and O–H groups in total. The fraction of sp³-hybridized carbons (Fsp3) is 0.423. The first kappa shape index (κ1) is 25.2. The molecule has 0 saturated carbocycles. The Labute approximate surface area is 200 Å². The fourth-order valence-electron chi connectivity index (χ4n) is 4.31. The molecule has 8 nitrogen and oxygen atoms in total. The monoisotopic (exact) mass is 467 g/mol. The van der Waals surface area contributed by atoms with Crippen LogP contribution in [0.5, 0.6) is 0 Å². The maximum atomic E-state index is 12.8. The van der Waals surface area contributed by atoms with Crippen LogP contribution < -0.4 is 10.6 Å². The zero-order valence-corrected chi connectivity index (χ0v) is 20.1. The van der Waals surface area contributed by atoms with Crippen molar-refractivity contribution < 1.29 is 24.2 Å². The standard InChI is InChI=1S/C26H33N3O5/c1-16(2)13-22(24(30)27-23(25(31)32)14-29(3)4)28-26(33)34-15-21-19-11-7-5-9-17(19)18-10-6-8-12-20(18)21/h5-12,16,21-23H,13-15H2,1-4H3,(H,27,30)(H,28,33)(H,31,32)/t22-,23+/m1/s1. The van der Waals surface area contributed by atoms with Crippen molar-refractivity contribution in [2.75, 3.05) is 27.2 Å². The fourth-order valence-corrected chi connectivity index (χ4v) is 4.31. The van der Waals surface area contributed by atoms with Crippen LogP contribution in [0.3, 0.4) is 0 Å². The molecule has 1 aliphatic carbocycles. The molecule has 8 heteroatoms. The van der Waals surface area contributed by atoms with Crippen molar-refractivity contribution in [3.63, 3.8) is 0 Å². The van der Waals surface area contributed by atoms with Gasteiger partial charge in [0.15, 0.2) is 0 Å². The van der Waals surface area contributed by atoms with Crippen LogP contribution in [-0.2, 0) is 14.3 Å². The first-order valence-corrected chi connectivity index (χ1v) is 11.5. The van der Waals surface area contributed by atoms with Gasteiger partial charge in [0.05, 0.1) is 0 Å². The van der Waals surface area contributed by atoms with E-state index in [4.69, 9.17) is 4.74 Å². The summed E-state index contributed by atoms with van der Waals surface area (Å²) < 4.78 is 5.56. The number of nitrogens with zero attached hydrogens (tertiary/aromatic N) is 1. The molecule has 1 aliphatic rings. The van der Waals surface area contributed by atoms with Crippen molar-refractivity contribution in [2.45, 2.75) is 38.3 Å². The van der Waals surface area contributed by atoms with Crippen LogP contribution in [0.4, 0.5) is 4.79 Å². The number of nitrogens with one attached hydrogen (secondary N) is 2. The van der Waals surface area contributed by atoms with Gasteiger partial charge in [0.2, 0.25) is 5.91 Å². The molecule has 2 aromatic rings. The van der Waals surface area contributed by atoms with E-state index in [2.05, 4.69) is 22.8 Å². The summed E-state index contributed by atoms with van der Waals surface area (Å²) in [7, 11) is 3.45. The van der Waals surface area contributed by atoms with E-state index in [1.807, 2.05) is 50.2 Å². The van der Waals surface area contributed by atoms with E-state index < -0.39 is 30.1 Å². The van der Waals surface area contributed by atoms with E-state index >= 15 is 0 Å². The van der Waals surface area contributed by atoms with Gasteiger partial charge in [-0.1, -0.05) is 62.4 Å². The van der Waals surface area contributed by atoms with E-state index in [9.17, 15) is 19.5 Å². The Bertz CT molecular complexity index is 991. The molecular formula is C26H33N3O5. The van der Waals surface area contributed by atoms with Crippen molar-refractivity contribution >= 4 is 18.0 Å². The summed E-state index contributed by atoms with van der Waals surface area (Å²) in [4.78, 5) is 38.7. The lowest BCUT2D eigenvalue weighted by Gasteiger charge is -2.24. The lowest BCUT2D eigenvalue weighted by molar-refractivity contribution is -0.142. The average molecular weight is 468 g/mol. The number of carbonyl (C=O) groups excluding carboxylic acids is 2. The first-order chi connectivity index (χ1) is 16.2. The van der Waals surface area contributed by atoms with Crippen LogP contribution in [0, 0.1) is 5.92 Å². The Balaban J connectivity index is 1.66.